The Kier molecular flexibility index (Phi) is 4.67. The Morgan fingerprint density at radius 3 is 3.11 bits per heavy atom. The van der Waals surface area contributed by atoms with E-state index in [1.54, 1.807) is 0 Å². The van der Waals surface area contributed by atoms with Crippen molar-refractivity contribution >= 4 is 11.8 Å². The summed E-state index contributed by atoms with van der Waals surface area (Å²) in [4.78, 5) is 5.07. The molecule has 2 atom stereocenters. The highest BCUT2D eigenvalue weighted by molar-refractivity contribution is 7.99. The molecular formula is C14H25FN2OS. The molecule has 3 aliphatic heterocycles. The van der Waals surface area contributed by atoms with E-state index in [1.165, 1.54) is 24.3 Å². The SMILES string of the molecule is FCCCN1CCC(N2CCOC3(CCSC3)C2)C1. The van der Waals surface area contributed by atoms with Crippen molar-refractivity contribution in [3.63, 3.8) is 0 Å². The lowest BCUT2D eigenvalue weighted by Crippen LogP contribution is -2.55. The zero-order valence-corrected chi connectivity index (χ0v) is 12.5. The molecule has 0 aliphatic carbocycles. The van der Waals surface area contributed by atoms with Crippen molar-refractivity contribution in [2.24, 2.45) is 0 Å². The summed E-state index contributed by atoms with van der Waals surface area (Å²) in [5.74, 6) is 2.42. The molecule has 1 spiro atoms. The Balaban J connectivity index is 1.52. The van der Waals surface area contributed by atoms with E-state index in [-0.39, 0.29) is 12.3 Å². The second-order valence-electron chi connectivity index (χ2n) is 6.09. The van der Waals surface area contributed by atoms with E-state index in [2.05, 4.69) is 9.80 Å². The molecule has 0 saturated carbocycles. The predicted molar refractivity (Wildman–Crippen MR) is 77.6 cm³/mol. The number of rotatable bonds is 4. The number of thioether (sulfide) groups is 1. The molecule has 0 aromatic rings. The summed E-state index contributed by atoms with van der Waals surface area (Å²) in [5, 5.41) is 0. The van der Waals surface area contributed by atoms with Crippen molar-refractivity contribution in [2.75, 3.05) is 57.5 Å². The minimum absolute atomic E-state index is 0.148. The van der Waals surface area contributed by atoms with E-state index in [0.29, 0.717) is 12.5 Å². The lowest BCUT2D eigenvalue weighted by Gasteiger charge is -2.42. The lowest BCUT2D eigenvalue weighted by atomic mass is 9.99. The fourth-order valence-electron chi connectivity index (χ4n) is 3.61. The summed E-state index contributed by atoms with van der Waals surface area (Å²) in [6, 6.07) is 0.672. The minimum Gasteiger partial charge on any atom is -0.371 e. The Hall–Kier alpha value is 0.160. The first-order chi connectivity index (χ1) is 9.31. The average Bonchev–Trinajstić information content (AvgIpc) is 3.06. The molecule has 3 rings (SSSR count). The van der Waals surface area contributed by atoms with Gasteiger partial charge in [-0.2, -0.15) is 11.8 Å². The van der Waals surface area contributed by atoms with E-state index in [4.69, 9.17) is 4.74 Å². The van der Waals surface area contributed by atoms with Crippen LogP contribution in [0, 0.1) is 0 Å². The third kappa shape index (κ3) is 3.26. The molecule has 0 amide bonds. The second-order valence-corrected chi connectivity index (χ2v) is 7.20. The van der Waals surface area contributed by atoms with Gasteiger partial charge in [0.15, 0.2) is 0 Å². The standard InChI is InChI=1S/C14H25FN2OS/c15-4-1-5-16-6-2-13(10-16)17-7-8-18-14(11-17)3-9-19-12-14/h13H,1-12H2. The zero-order chi connectivity index (χ0) is 13.1. The van der Waals surface area contributed by atoms with E-state index >= 15 is 0 Å². The highest BCUT2D eigenvalue weighted by Gasteiger charge is 2.42. The molecule has 3 fully saturated rings. The lowest BCUT2D eigenvalue weighted by molar-refractivity contribution is -0.102. The fourth-order valence-corrected chi connectivity index (χ4v) is 4.96. The molecule has 0 N–H and O–H groups in total. The Morgan fingerprint density at radius 2 is 2.32 bits per heavy atom. The highest BCUT2D eigenvalue weighted by Crippen LogP contribution is 2.35. The summed E-state index contributed by atoms with van der Waals surface area (Å²) in [6.45, 7) is 6.10. The van der Waals surface area contributed by atoms with Gasteiger partial charge in [0.25, 0.3) is 0 Å². The van der Waals surface area contributed by atoms with Gasteiger partial charge in [0.05, 0.1) is 18.9 Å². The molecule has 3 saturated heterocycles. The molecule has 19 heavy (non-hydrogen) atoms. The third-order valence-corrected chi connectivity index (χ3v) is 5.94. The van der Waals surface area contributed by atoms with Gasteiger partial charge in [-0.25, -0.2) is 0 Å². The number of ether oxygens (including phenoxy) is 1. The fraction of sp³-hybridized carbons (Fsp3) is 1.00. The normalized spacial score (nSPS) is 37.4. The Bertz CT molecular complexity index is 299. The molecule has 110 valence electrons. The molecule has 5 heteroatoms. The average molecular weight is 288 g/mol. The molecule has 0 radical (unpaired) electrons. The van der Waals surface area contributed by atoms with Crippen molar-refractivity contribution in [1.82, 2.24) is 9.80 Å². The predicted octanol–water partition coefficient (Wildman–Crippen LogP) is 1.63. The van der Waals surface area contributed by atoms with Crippen LogP contribution in [0.4, 0.5) is 4.39 Å². The highest BCUT2D eigenvalue weighted by atomic mass is 32.2. The van der Waals surface area contributed by atoms with Gasteiger partial charge in [0.1, 0.15) is 0 Å². The van der Waals surface area contributed by atoms with Crippen LogP contribution in [0.2, 0.25) is 0 Å². The number of likely N-dealkylation sites (tertiary alicyclic amines) is 1. The van der Waals surface area contributed by atoms with Gasteiger partial charge < -0.3 is 9.64 Å². The first kappa shape index (κ1) is 14.1. The van der Waals surface area contributed by atoms with Crippen LogP contribution in [0.25, 0.3) is 0 Å². The number of hydrogen-bond acceptors (Lipinski definition) is 4. The van der Waals surface area contributed by atoms with Crippen LogP contribution in [0.3, 0.4) is 0 Å². The molecular weight excluding hydrogens is 263 g/mol. The van der Waals surface area contributed by atoms with Crippen LogP contribution >= 0.6 is 11.8 Å². The second kappa shape index (κ2) is 6.29. The largest absolute Gasteiger partial charge is 0.371 e. The zero-order valence-electron chi connectivity index (χ0n) is 11.7. The number of halogens is 1. The molecule has 0 aromatic heterocycles. The van der Waals surface area contributed by atoms with Gasteiger partial charge in [0, 0.05) is 38.0 Å². The molecule has 0 bridgehead atoms. The number of hydrogen-bond donors (Lipinski definition) is 0. The van der Waals surface area contributed by atoms with Gasteiger partial charge in [0.2, 0.25) is 0 Å². The summed E-state index contributed by atoms with van der Waals surface area (Å²) >= 11 is 2.03. The van der Waals surface area contributed by atoms with E-state index in [0.717, 1.165) is 39.3 Å². The van der Waals surface area contributed by atoms with Crippen LogP contribution < -0.4 is 0 Å². The summed E-state index contributed by atoms with van der Waals surface area (Å²) < 4.78 is 18.3. The summed E-state index contributed by atoms with van der Waals surface area (Å²) in [7, 11) is 0. The number of alkyl halides is 1. The minimum atomic E-state index is -0.181. The first-order valence-corrected chi connectivity index (χ1v) is 8.71. The van der Waals surface area contributed by atoms with Crippen LogP contribution in [-0.4, -0.2) is 79.0 Å². The Labute approximate surface area is 119 Å². The maximum absolute atomic E-state index is 12.2. The van der Waals surface area contributed by atoms with Gasteiger partial charge >= 0.3 is 0 Å². The third-order valence-electron chi connectivity index (χ3n) is 4.72. The van der Waals surface area contributed by atoms with Gasteiger partial charge in [-0.1, -0.05) is 0 Å². The Morgan fingerprint density at radius 1 is 1.37 bits per heavy atom. The van der Waals surface area contributed by atoms with Crippen LogP contribution in [0.1, 0.15) is 19.3 Å². The summed E-state index contributed by atoms with van der Waals surface area (Å²) in [5.41, 5.74) is 0.148. The molecule has 3 heterocycles. The van der Waals surface area contributed by atoms with Crippen LogP contribution in [-0.2, 0) is 4.74 Å². The topological polar surface area (TPSA) is 15.7 Å². The van der Waals surface area contributed by atoms with Crippen LogP contribution in [0.15, 0.2) is 0 Å². The van der Waals surface area contributed by atoms with Gasteiger partial charge in [-0.3, -0.25) is 9.29 Å². The van der Waals surface area contributed by atoms with Crippen molar-refractivity contribution in [3.05, 3.63) is 0 Å². The van der Waals surface area contributed by atoms with Crippen molar-refractivity contribution < 1.29 is 9.13 Å². The monoisotopic (exact) mass is 288 g/mol. The smallest absolute Gasteiger partial charge is 0.0907 e. The quantitative estimate of drug-likeness (QED) is 0.781. The maximum Gasteiger partial charge on any atom is 0.0907 e. The summed E-state index contributed by atoms with van der Waals surface area (Å²) in [6.07, 6.45) is 3.15. The molecule has 0 aromatic carbocycles. The number of nitrogens with zero attached hydrogens (tertiary/aromatic N) is 2. The van der Waals surface area contributed by atoms with Crippen molar-refractivity contribution in [1.29, 1.82) is 0 Å². The molecule has 3 aliphatic rings. The first-order valence-electron chi connectivity index (χ1n) is 7.55. The van der Waals surface area contributed by atoms with Crippen LogP contribution in [0.5, 0.6) is 0 Å². The maximum atomic E-state index is 12.2. The van der Waals surface area contributed by atoms with E-state index < -0.39 is 0 Å². The van der Waals surface area contributed by atoms with Crippen molar-refractivity contribution in [2.45, 2.75) is 30.9 Å². The van der Waals surface area contributed by atoms with Gasteiger partial charge in [-0.15, -0.1) is 0 Å². The van der Waals surface area contributed by atoms with Gasteiger partial charge in [-0.05, 0) is 31.6 Å². The van der Waals surface area contributed by atoms with E-state index in [9.17, 15) is 4.39 Å². The van der Waals surface area contributed by atoms with Crippen molar-refractivity contribution in [3.8, 4) is 0 Å². The number of morpholine rings is 1. The molecule has 2 unspecified atom stereocenters. The molecule has 3 nitrogen and oxygen atoms in total. The van der Waals surface area contributed by atoms with E-state index in [1.807, 2.05) is 11.8 Å².